The van der Waals surface area contributed by atoms with Crippen molar-refractivity contribution < 1.29 is 5.11 Å². The van der Waals surface area contributed by atoms with Gasteiger partial charge in [-0.2, -0.15) is 0 Å². The summed E-state index contributed by atoms with van der Waals surface area (Å²) in [6.45, 7) is 0. The minimum Gasteiger partial charge on any atom is -0.514 e. The van der Waals surface area contributed by atoms with E-state index >= 15 is 0 Å². The van der Waals surface area contributed by atoms with Crippen LogP contribution < -0.4 is 5.32 Å². The van der Waals surface area contributed by atoms with Gasteiger partial charge in [0, 0.05) is 13.2 Å². The molecule has 0 aromatic carbocycles. The average Bonchev–Trinajstić information content (AvgIpc) is 1.83. The summed E-state index contributed by atoms with van der Waals surface area (Å²) in [5, 5.41) is 10.8. The number of aliphatic imine (C=N–C) groups is 1. The molecule has 0 radical (unpaired) electrons. The lowest BCUT2D eigenvalue weighted by molar-refractivity contribution is 0.471. The Balaban J connectivity index is 3.40. The normalized spacial score (nSPS) is 12.5. The third-order valence-corrected chi connectivity index (χ3v) is 0.751. The van der Waals surface area contributed by atoms with Crippen molar-refractivity contribution in [3.8, 4) is 0 Å². The maximum Gasteiger partial charge on any atom is 0.195 e. The Hall–Kier alpha value is -0.700. The van der Waals surface area contributed by atoms with Gasteiger partial charge < -0.3 is 10.4 Å². The van der Waals surface area contributed by atoms with Crippen LogP contribution in [-0.2, 0) is 0 Å². The predicted molar refractivity (Wildman–Crippen MR) is 34.1 cm³/mol. The Bertz CT molecular complexity index is 111. The summed E-state index contributed by atoms with van der Waals surface area (Å²) in [7, 11) is 1.54. The van der Waals surface area contributed by atoms with E-state index in [0.29, 0.717) is 0 Å². The maximum absolute atomic E-state index is 8.05. The molecule has 0 amide bonds. The molecule has 0 fully saturated rings. The Morgan fingerprint density at radius 1 is 1.88 bits per heavy atom. The largest absolute Gasteiger partial charge is 0.514 e. The van der Waals surface area contributed by atoms with Gasteiger partial charge in [0.25, 0.3) is 0 Å². The summed E-state index contributed by atoms with van der Waals surface area (Å²) >= 11 is 5.32. The summed E-state index contributed by atoms with van der Waals surface area (Å²) in [5.74, 6) is 0. The van der Waals surface area contributed by atoms with Gasteiger partial charge in [0.1, 0.15) is 0 Å². The molecule has 0 rings (SSSR count). The van der Waals surface area contributed by atoms with Gasteiger partial charge in [0.15, 0.2) is 5.29 Å². The fourth-order valence-corrected chi connectivity index (χ4v) is 0.234. The zero-order chi connectivity index (χ0) is 6.41. The van der Waals surface area contributed by atoms with Gasteiger partial charge in [-0.1, -0.05) is 0 Å². The lowest BCUT2D eigenvalue weighted by Crippen LogP contribution is -2.09. The molecule has 0 heterocycles. The maximum atomic E-state index is 8.05. The highest BCUT2D eigenvalue weighted by molar-refractivity contribution is 6.64. The first kappa shape index (κ1) is 7.30. The van der Waals surface area contributed by atoms with Crippen molar-refractivity contribution in [2.45, 2.75) is 0 Å². The molecule has 0 spiro atoms. The Kier molecular flexibility index (Phi) is 4.07. The van der Waals surface area contributed by atoms with Crippen molar-refractivity contribution in [1.82, 2.24) is 5.32 Å². The highest BCUT2D eigenvalue weighted by Crippen LogP contribution is 1.76. The lowest BCUT2D eigenvalue weighted by atomic mass is 10.9. The number of nitrogens with zero attached hydrogens (tertiary/aromatic N) is 1. The number of nitrogens with one attached hydrogen (secondary N) is 1. The van der Waals surface area contributed by atoms with E-state index in [9.17, 15) is 0 Å². The molecule has 0 aromatic rings. The SMILES string of the molecule is CN=C(Cl)N/C=C\O. The second kappa shape index (κ2) is 4.46. The van der Waals surface area contributed by atoms with Crippen molar-refractivity contribution in [2.24, 2.45) is 4.99 Å². The third kappa shape index (κ3) is 3.49. The molecule has 0 unspecified atom stereocenters. The number of hydrogen-bond acceptors (Lipinski definition) is 2. The third-order valence-electron chi connectivity index (χ3n) is 0.473. The van der Waals surface area contributed by atoms with Gasteiger partial charge in [-0.15, -0.1) is 0 Å². The monoisotopic (exact) mass is 134 g/mol. The Labute approximate surface area is 52.7 Å². The molecule has 2 N–H and O–H groups in total. The molecule has 0 saturated heterocycles. The van der Waals surface area contributed by atoms with Crippen molar-refractivity contribution in [3.63, 3.8) is 0 Å². The number of aliphatic hydroxyl groups is 1. The molecular formula is C4H7ClN2O. The van der Waals surface area contributed by atoms with Crippen LogP contribution in [0.3, 0.4) is 0 Å². The van der Waals surface area contributed by atoms with Crippen LogP contribution in [0.25, 0.3) is 0 Å². The molecule has 0 aliphatic rings. The topological polar surface area (TPSA) is 44.6 Å². The number of aliphatic hydroxyl groups excluding tert-OH is 1. The van der Waals surface area contributed by atoms with Crippen LogP contribution in [-0.4, -0.2) is 17.4 Å². The van der Waals surface area contributed by atoms with Crippen LogP contribution in [0.1, 0.15) is 0 Å². The second-order valence-corrected chi connectivity index (χ2v) is 1.33. The lowest BCUT2D eigenvalue weighted by Gasteiger charge is -1.89. The highest BCUT2D eigenvalue weighted by atomic mass is 35.5. The molecule has 0 saturated carbocycles. The molecule has 3 nitrogen and oxygen atoms in total. The van der Waals surface area contributed by atoms with Gasteiger partial charge in [0.2, 0.25) is 0 Å². The van der Waals surface area contributed by atoms with Crippen molar-refractivity contribution in [3.05, 3.63) is 12.5 Å². The van der Waals surface area contributed by atoms with Crippen LogP contribution in [0.5, 0.6) is 0 Å². The standard InChI is InChI=1S/C4H7ClN2O/c1-6-4(5)7-2-3-8/h2-3,8H,1H3,(H,6,7)/b3-2-. The summed E-state index contributed by atoms with van der Waals surface area (Å²) in [4.78, 5) is 3.53. The molecule has 0 aliphatic heterocycles. The fourth-order valence-electron chi connectivity index (χ4n) is 0.171. The minimum atomic E-state index is 0.246. The summed E-state index contributed by atoms with van der Waals surface area (Å²) in [6.07, 6.45) is 2.11. The van der Waals surface area contributed by atoms with E-state index in [4.69, 9.17) is 16.7 Å². The minimum absolute atomic E-state index is 0.246. The van der Waals surface area contributed by atoms with Crippen molar-refractivity contribution >= 4 is 16.9 Å². The summed E-state index contributed by atoms with van der Waals surface area (Å²) in [6, 6.07) is 0. The van der Waals surface area contributed by atoms with Crippen LogP contribution >= 0.6 is 11.6 Å². The quantitative estimate of drug-likeness (QED) is 0.242. The van der Waals surface area contributed by atoms with Crippen molar-refractivity contribution in [2.75, 3.05) is 7.05 Å². The molecule has 0 bridgehead atoms. The van der Waals surface area contributed by atoms with Gasteiger partial charge in [0.05, 0.1) is 6.26 Å². The molecule has 0 atom stereocenters. The average molecular weight is 135 g/mol. The molecule has 0 aromatic heterocycles. The van der Waals surface area contributed by atoms with Crippen LogP contribution in [0.4, 0.5) is 0 Å². The Morgan fingerprint density at radius 3 is 2.88 bits per heavy atom. The molecular weight excluding hydrogens is 128 g/mol. The van der Waals surface area contributed by atoms with Gasteiger partial charge in [-0.05, 0) is 11.6 Å². The number of halogens is 1. The molecule has 0 aliphatic carbocycles. The van der Waals surface area contributed by atoms with E-state index in [2.05, 4.69) is 10.3 Å². The van der Waals surface area contributed by atoms with E-state index in [1.165, 1.54) is 6.20 Å². The van der Waals surface area contributed by atoms with E-state index in [1.807, 2.05) is 0 Å². The van der Waals surface area contributed by atoms with E-state index in [-0.39, 0.29) is 5.29 Å². The summed E-state index contributed by atoms with van der Waals surface area (Å²) < 4.78 is 0. The summed E-state index contributed by atoms with van der Waals surface area (Å²) in [5.41, 5.74) is 0. The van der Waals surface area contributed by atoms with Crippen molar-refractivity contribution in [1.29, 1.82) is 0 Å². The molecule has 4 heteroatoms. The predicted octanol–water partition coefficient (Wildman–Crippen LogP) is 0.830. The number of amidine groups is 1. The zero-order valence-electron chi connectivity index (χ0n) is 4.43. The molecule has 46 valence electrons. The van der Waals surface area contributed by atoms with E-state index < -0.39 is 0 Å². The molecule has 8 heavy (non-hydrogen) atoms. The number of hydrogen-bond donors (Lipinski definition) is 2. The van der Waals surface area contributed by atoms with Crippen LogP contribution in [0, 0.1) is 0 Å². The smallest absolute Gasteiger partial charge is 0.195 e. The van der Waals surface area contributed by atoms with Crippen LogP contribution in [0.15, 0.2) is 17.5 Å². The van der Waals surface area contributed by atoms with Crippen LogP contribution in [0.2, 0.25) is 0 Å². The first-order chi connectivity index (χ1) is 3.81. The number of rotatable bonds is 1. The van der Waals surface area contributed by atoms with Gasteiger partial charge >= 0.3 is 0 Å². The Morgan fingerprint density at radius 2 is 2.50 bits per heavy atom. The van der Waals surface area contributed by atoms with Gasteiger partial charge in [-0.25, -0.2) is 0 Å². The first-order valence-electron chi connectivity index (χ1n) is 1.99. The second-order valence-electron chi connectivity index (χ2n) is 0.974. The van der Waals surface area contributed by atoms with E-state index in [1.54, 1.807) is 7.05 Å². The van der Waals surface area contributed by atoms with Gasteiger partial charge in [-0.3, -0.25) is 4.99 Å². The van der Waals surface area contributed by atoms with E-state index in [0.717, 1.165) is 6.26 Å². The zero-order valence-corrected chi connectivity index (χ0v) is 5.18. The first-order valence-corrected chi connectivity index (χ1v) is 2.37. The fraction of sp³-hybridized carbons (Fsp3) is 0.250. The highest BCUT2D eigenvalue weighted by Gasteiger charge is 1.80.